The van der Waals surface area contributed by atoms with Crippen LogP contribution in [0.25, 0.3) is 0 Å². The molecule has 1 amide bonds. The normalized spacial score (nSPS) is 10.4. The fourth-order valence-electron chi connectivity index (χ4n) is 2.55. The van der Waals surface area contributed by atoms with E-state index in [9.17, 15) is 4.79 Å². The summed E-state index contributed by atoms with van der Waals surface area (Å²) in [6.07, 6.45) is 4.51. The van der Waals surface area contributed by atoms with Gasteiger partial charge in [0.15, 0.2) is 0 Å². The Morgan fingerprint density at radius 3 is 2.65 bits per heavy atom. The molecule has 0 atom stereocenters. The van der Waals surface area contributed by atoms with Crippen LogP contribution in [-0.4, -0.2) is 19.1 Å². The number of amides is 1. The molecule has 0 radical (unpaired) electrons. The Morgan fingerprint density at radius 1 is 1.04 bits per heavy atom. The highest BCUT2D eigenvalue weighted by Crippen LogP contribution is 2.25. The highest BCUT2D eigenvalue weighted by molar-refractivity contribution is 9.10. The lowest BCUT2D eigenvalue weighted by Crippen LogP contribution is -2.14. The number of anilines is 1. The maximum absolute atomic E-state index is 12.7. The molecule has 2 rings (SSSR count). The monoisotopic (exact) mass is 419 g/mol. The Kier molecular flexibility index (Phi) is 8.48. The van der Waals surface area contributed by atoms with E-state index in [0.717, 1.165) is 23.1 Å². The van der Waals surface area contributed by atoms with Crippen LogP contribution in [0.2, 0.25) is 0 Å². The Balaban J connectivity index is 2.07. The molecule has 0 fully saturated rings. The van der Waals surface area contributed by atoms with Gasteiger partial charge in [-0.3, -0.25) is 4.79 Å². The van der Waals surface area contributed by atoms with Crippen molar-refractivity contribution in [1.82, 2.24) is 0 Å². The number of halogens is 1. The predicted molar refractivity (Wildman–Crippen MR) is 109 cm³/mol. The van der Waals surface area contributed by atoms with Gasteiger partial charge < -0.3 is 14.8 Å². The molecular weight excluding hydrogens is 394 g/mol. The molecule has 2 aromatic carbocycles. The third-order valence-electron chi connectivity index (χ3n) is 3.84. The van der Waals surface area contributed by atoms with Crippen molar-refractivity contribution in [2.45, 2.75) is 39.5 Å². The molecule has 0 aliphatic carbocycles. The van der Waals surface area contributed by atoms with E-state index in [1.54, 1.807) is 6.07 Å². The van der Waals surface area contributed by atoms with Crippen molar-refractivity contribution in [3.63, 3.8) is 0 Å². The fraction of sp³-hybridized carbons (Fsp3) is 0.381. The molecule has 0 aromatic heterocycles. The van der Waals surface area contributed by atoms with Gasteiger partial charge in [-0.05, 0) is 43.7 Å². The number of rotatable bonds is 10. The van der Waals surface area contributed by atoms with E-state index in [-0.39, 0.29) is 5.91 Å². The number of benzene rings is 2. The molecule has 0 unspecified atom stereocenters. The predicted octanol–water partition coefficient (Wildman–Crippen LogP) is 6.06. The zero-order valence-corrected chi connectivity index (χ0v) is 17.0. The quantitative estimate of drug-likeness (QED) is 0.476. The van der Waals surface area contributed by atoms with E-state index in [4.69, 9.17) is 9.47 Å². The van der Waals surface area contributed by atoms with E-state index >= 15 is 0 Å². The molecule has 0 aliphatic heterocycles. The lowest BCUT2D eigenvalue weighted by molar-refractivity contribution is 0.102. The Labute approximate surface area is 164 Å². The molecule has 1 N–H and O–H groups in total. The van der Waals surface area contributed by atoms with Gasteiger partial charge in [0.05, 0.1) is 18.8 Å². The summed E-state index contributed by atoms with van der Waals surface area (Å²) >= 11 is 3.43. The highest BCUT2D eigenvalue weighted by atomic mass is 79.9. The van der Waals surface area contributed by atoms with E-state index in [1.807, 2.05) is 43.3 Å². The summed E-state index contributed by atoms with van der Waals surface area (Å²) in [6, 6.07) is 12.9. The molecule has 0 bridgehead atoms. The van der Waals surface area contributed by atoms with Crippen LogP contribution in [0.15, 0.2) is 46.9 Å². The second-order valence-electron chi connectivity index (χ2n) is 5.96. The van der Waals surface area contributed by atoms with Crippen LogP contribution in [0.3, 0.4) is 0 Å². The van der Waals surface area contributed by atoms with Gasteiger partial charge >= 0.3 is 0 Å². The van der Waals surface area contributed by atoms with Crippen molar-refractivity contribution >= 4 is 27.5 Å². The number of carbonyl (C=O) groups is 1. The Hall–Kier alpha value is -2.01. The zero-order chi connectivity index (χ0) is 18.8. The van der Waals surface area contributed by atoms with Crippen molar-refractivity contribution in [3.8, 4) is 11.5 Å². The summed E-state index contributed by atoms with van der Waals surface area (Å²) < 4.78 is 12.2. The van der Waals surface area contributed by atoms with Gasteiger partial charge in [0.2, 0.25) is 0 Å². The lowest BCUT2D eigenvalue weighted by atomic mass is 10.1. The van der Waals surface area contributed by atoms with Crippen molar-refractivity contribution in [3.05, 3.63) is 52.5 Å². The number of nitrogens with one attached hydrogen (secondary N) is 1. The van der Waals surface area contributed by atoms with Crippen LogP contribution >= 0.6 is 15.9 Å². The topological polar surface area (TPSA) is 47.6 Å². The number of ether oxygens (including phenoxy) is 2. The molecule has 140 valence electrons. The molecule has 2 aromatic rings. The molecule has 26 heavy (non-hydrogen) atoms. The standard InChI is InChI=1S/C21H26BrNO3/c1-3-5-6-7-13-26-20-12-11-16(22)14-19(20)21(24)23-17-9-8-10-18(15-17)25-4-2/h8-12,14-15H,3-7,13H2,1-2H3,(H,23,24). The van der Waals surface area contributed by atoms with E-state index in [0.29, 0.717) is 30.2 Å². The molecule has 0 heterocycles. The second-order valence-corrected chi connectivity index (χ2v) is 6.88. The minimum atomic E-state index is -0.205. The maximum atomic E-state index is 12.7. The van der Waals surface area contributed by atoms with Crippen LogP contribution < -0.4 is 14.8 Å². The molecule has 0 aliphatic rings. The average Bonchev–Trinajstić information content (AvgIpc) is 2.63. The summed E-state index contributed by atoms with van der Waals surface area (Å²) in [6.45, 7) is 5.30. The first-order valence-electron chi connectivity index (χ1n) is 9.10. The molecule has 0 saturated carbocycles. The summed E-state index contributed by atoms with van der Waals surface area (Å²) in [5, 5.41) is 2.92. The molecule has 5 heteroatoms. The van der Waals surface area contributed by atoms with Crippen molar-refractivity contribution < 1.29 is 14.3 Å². The molecule has 0 saturated heterocycles. The Bertz CT molecular complexity index is 718. The third kappa shape index (κ3) is 6.37. The zero-order valence-electron chi connectivity index (χ0n) is 15.4. The molecular formula is C21H26BrNO3. The highest BCUT2D eigenvalue weighted by Gasteiger charge is 2.14. The molecule has 0 spiro atoms. The van der Waals surface area contributed by atoms with Gasteiger partial charge in [-0.2, -0.15) is 0 Å². The van der Waals surface area contributed by atoms with Crippen molar-refractivity contribution in [2.24, 2.45) is 0 Å². The first-order valence-corrected chi connectivity index (χ1v) is 9.90. The van der Waals surface area contributed by atoms with Crippen LogP contribution in [0.5, 0.6) is 11.5 Å². The largest absolute Gasteiger partial charge is 0.494 e. The van der Waals surface area contributed by atoms with Gasteiger partial charge in [0.1, 0.15) is 11.5 Å². The summed E-state index contributed by atoms with van der Waals surface area (Å²) in [5.74, 6) is 1.12. The minimum absolute atomic E-state index is 0.205. The number of hydrogen-bond acceptors (Lipinski definition) is 3. The maximum Gasteiger partial charge on any atom is 0.259 e. The van der Waals surface area contributed by atoms with Gasteiger partial charge in [0.25, 0.3) is 5.91 Å². The van der Waals surface area contributed by atoms with Gasteiger partial charge in [0, 0.05) is 16.2 Å². The van der Waals surface area contributed by atoms with Gasteiger partial charge in [-0.25, -0.2) is 0 Å². The van der Waals surface area contributed by atoms with Gasteiger partial charge in [-0.1, -0.05) is 48.2 Å². The summed E-state index contributed by atoms with van der Waals surface area (Å²) in [5.41, 5.74) is 1.20. The number of unbranched alkanes of at least 4 members (excludes halogenated alkanes) is 3. The fourth-order valence-corrected chi connectivity index (χ4v) is 2.91. The number of hydrogen-bond donors (Lipinski definition) is 1. The third-order valence-corrected chi connectivity index (χ3v) is 4.34. The summed E-state index contributed by atoms with van der Waals surface area (Å²) in [7, 11) is 0. The SMILES string of the molecule is CCCCCCOc1ccc(Br)cc1C(=O)Nc1cccc(OCC)c1. The van der Waals surface area contributed by atoms with Crippen molar-refractivity contribution in [2.75, 3.05) is 18.5 Å². The van der Waals surface area contributed by atoms with Crippen molar-refractivity contribution in [1.29, 1.82) is 0 Å². The average molecular weight is 420 g/mol. The van der Waals surface area contributed by atoms with Crippen LogP contribution in [-0.2, 0) is 0 Å². The Morgan fingerprint density at radius 2 is 1.88 bits per heavy atom. The first-order chi connectivity index (χ1) is 12.6. The minimum Gasteiger partial charge on any atom is -0.494 e. The van der Waals surface area contributed by atoms with Gasteiger partial charge in [-0.15, -0.1) is 0 Å². The van der Waals surface area contributed by atoms with Crippen LogP contribution in [0, 0.1) is 0 Å². The van der Waals surface area contributed by atoms with E-state index in [1.165, 1.54) is 12.8 Å². The summed E-state index contributed by atoms with van der Waals surface area (Å²) in [4.78, 5) is 12.7. The lowest BCUT2D eigenvalue weighted by Gasteiger charge is -2.13. The van der Waals surface area contributed by atoms with E-state index < -0.39 is 0 Å². The van der Waals surface area contributed by atoms with Crippen LogP contribution in [0.4, 0.5) is 5.69 Å². The smallest absolute Gasteiger partial charge is 0.259 e. The van der Waals surface area contributed by atoms with Crippen LogP contribution in [0.1, 0.15) is 49.9 Å². The molecule has 4 nitrogen and oxygen atoms in total. The van der Waals surface area contributed by atoms with E-state index in [2.05, 4.69) is 28.2 Å². The first kappa shape index (κ1) is 20.3. The number of carbonyl (C=O) groups excluding carboxylic acids is 1. The second kappa shape index (κ2) is 10.9.